The van der Waals surface area contributed by atoms with Gasteiger partial charge in [0.1, 0.15) is 30.2 Å². The normalized spacial score (nSPS) is 14.8. The molecule has 0 spiro atoms. The van der Waals surface area contributed by atoms with Crippen molar-refractivity contribution in [3.05, 3.63) is 71.9 Å². The molecule has 0 unspecified atom stereocenters. The highest BCUT2D eigenvalue weighted by atomic mass is 16.4. The zero-order chi connectivity index (χ0) is 42.1. The number of aromatic nitrogens is 1. The summed E-state index contributed by atoms with van der Waals surface area (Å²) in [5, 5.41) is 32.5. The summed E-state index contributed by atoms with van der Waals surface area (Å²) in [5.74, 6) is -6.44. The maximum atomic E-state index is 14.1. The fraction of sp³-hybridized carbons (Fsp3) is 0.475. The summed E-state index contributed by atoms with van der Waals surface area (Å²) in [6.07, 6.45) is 2.74. The van der Waals surface area contributed by atoms with Crippen LogP contribution in [-0.4, -0.2) is 99.5 Å². The van der Waals surface area contributed by atoms with Crippen LogP contribution in [0.2, 0.25) is 0 Å². The van der Waals surface area contributed by atoms with Crippen LogP contribution in [0.4, 0.5) is 0 Å². The van der Waals surface area contributed by atoms with Gasteiger partial charge in [-0.3, -0.25) is 33.6 Å². The van der Waals surface area contributed by atoms with Gasteiger partial charge in [-0.05, 0) is 62.3 Å². The predicted octanol–water partition coefficient (Wildman–Crippen LogP) is 0.849. The molecule has 0 saturated carbocycles. The van der Waals surface area contributed by atoms with E-state index in [1.165, 1.54) is 6.92 Å². The quantitative estimate of drug-likeness (QED) is 0.0568. The third kappa shape index (κ3) is 14.3. The molecular weight excluding hydrogens is 736 g/mol. The number of aromatic amines is 1. The molecule has 0 aliphatic heterocycles. The van der Waals surface area contributed by atoms with Crippen LogP contribution in [0.3, 0.4) is 0 Å². The molecule has 17 nitrogen and oxygen atoms in total. The van der Waals surface area contributed by atoms with Gasteiger partial charge in [0.05, 0.1) is 6.04 Å². The molecule has 5 amide bonds. The number of nitrogens with one attached hydrogen (secondary N) is 6. The molecular formula is C40H56N8O9. The summed E-state index contributed by atoms with van der Waals surface area (Å²) < 4.78 is 0. The minimum atomic E-state index is -1.26. The molecule has 2 aromatic carbocycles. The van der Waals surface area contributed by atoms with Crippen molar-refractivity contribution in [3.8, 4) is 0 Å². The summed E-state index contributed by atoms with van der Waals surface area (Å²) in [7, 11) is 0. The smallest absolute Gasteiger partial charge is 0.325 e. The van der Waals surface area contributed by atoms with E-state index >= 15 is 0 Å². The molecule has 3 rings (SSSR count). The average Bonchev–Trinajstić information content (AvgIpc) is 3.60. The Morgan fingerprint density at radius 2 is 1.30 bits per heavy atom. The number of aliphatic carboxylic acids is 2. The van der Waals surface area contributed by atoms with Crippen molar-refractivity contribution >= 4 is 52.4 Å². The lowest BCUT2D eigenvalue weighted by Gasteiger charge is -2.29. The van der Waals surface area contributed by atoms with Crippen molar-refractivity contribution in [1.82, 2.24) is 31.6 Å². The zero-order valence-corrected chi connectivity index (χ0v) is 32.6. The number of hydrogen-bond acceptors (Lipinski definition) is 9. The summed E-state index contributed by atoms with van der Waals surface area (Å²) in [6.45, 7) is 5.18. The van der Waals surface area contributed by atoms with Crippen LogP contribution < -0.4 is 38.1 Å². The first kappa shape index (κ1) is 45.6. The van der Waals surface area contributed by atoms with Crippen molar-refractivity contribution in [2.24, 2.45) is 17.4 Å². The number of benzene rings is 2. The second-order valence-corrected chi connectivity index (χ2v) is 14.2. The highest BCUT2D eigenvalue weighted by Gasteiger charge is 2.34. The third-order valence-corrected chi connectivity index (χ3v) is 9.76. The predicted molar refractivity (Wildman–Crippen MR) is 212 cm³/mol. The molecule has 0 bridgehead atoms. The van der Waals surface area contributed by atoms with Crippen molar-refractivity contribution in [2.45, 2.75) is 108 Å². The van der Waals surface area contributed by atoms with Gasteiger partial charge in [-0.1, -0.05) is 68.8 Å². The SMILES string of the molecule is CC[C@H](C)[C@H](NC(=O)[C@H](Cc1c[nH]c2ccccc12)NC(=O)[C@@H](N)CCC(=O)O)C(=O)N[C@@H](CCCCN)C(=O)N[C@@H](Cc1ccccc1)C(=O)N[C@@H](C)C(=O)O. The Morgan fingerprint density at radius 1 is 0.702 bits per heavy atom. The highest BCUT2D eigenvalue weighted by molar-refractivity contribution is 5.97. The van der Waals surface area contributed by atoms with E-state index in [2.05, 4.69) is 31.6 Å². The molecule has 0 aliphatic carbocycles. The highest BCUT2D eigenvalue weighted by Crippen LogP contribution is 2.20. The number of amides is 5. The minimum Gasteiger partial charge on any atom is -0.481 e. The fourth-order valence-corrected chi connectivity index (χ4v) is 6.10. The second-order valence-electron chi connectivity index (χ2n) is 14.2. The Balaban J connectivity index is 1.88. The van der Waals surface area contributed by atoms with Crippen LogP contribution in [0.1, 0.15) is 70.4 Å². The summed E-state index contributed by atoms with van der Waals surface area (Å²) in [4.78, 5) is 94.3. The molecule has 3 aromatic rings. The number of hydrogen-bond donors (Lipinski definition) is 10. The molecule has 0 saturated heterocycles. The van der Waals surface area contributed by atoms with Gasteiger partial charge in [-0.25, -0.2) is 0 Å². The summed E-state index contributed by atoms with van der Waals surface area (Å²) >= 11 is 0. The maximum absolute atomic E-state index is 14.1. The van der Waals surface area contributed by atoms with Crippen molar-refractivity contribution in [1.29, 1.82) is 0 Å². The molecule has 57 heavy (non-hydrogen) atoms. The van der Waals surface area contributed by atoms with Gasteiger partial charge in [0.2, 0.25) is 29.5 Å². The molecule has 7 atom stereocenters. The van der Waals surface area contributed by atoms with Gasteiger partial charge in [-0.2, -0.15) is 0 Å². The van der Waals surface area contributed by atoms with E-state index in [1.54, 1.807) is 43.5 Å². The van der Waals surface area contributed by atoms with Crippen LogP contribution in [0.25, 0.3) is 10.9 Å². The van der Waals surface area contributed by atoms with Gasteiger partial charge >= 0.3 is 11.9 Å². The largest absolute Gasteiger partial charge is 0.481 e. The number of unbranched alkanes of at least 4 members (excludes halogenated alkanes) is 1. The number of fused-ring (bicyclic) bond motifs is 1. The third-order valence-electron chi connectivity index (χ3n) is 9.76. The van der Waals surface area contributed by atoms with Gasteiger partial charge < -0.3 is 53.2 Å². The standard InChI is InChI=1S/C40H56N8O9/c1-4-23(2)34(48-38(54)32(46-35(51)28(42)17-18-33(49)50)21-26-22-43-29-15-9-8-14-27(26)29)39(55)45-30(16-10-11-19-41)36(52)47-31(20-25-12-6-5-7-13-25)37(53)44-24(3)40(56)57/h5-9,12-15,22-24,28,30-32,34,43H,4,10-11,16-21,41-42H2,1-3H3,(H,44,53)(H,45,55)(H,46,51)(H,47,52)(H,48,54)(H,49,50)(H,56,57)/t23-,24-,28-,30-,31-,32-,34-/m0/s1. The van der Waals surface area contributed by atoms with E-state index in [1.807, 2.05) is 31.2 Å². The Labute approximate surface area is 331 Å². The van der Waals surface area contributed by atoms with Gasteiger partial charge in [-0.15, -0.1) is 0 Å². The Morgan fingerprint density at radius 3 is 1.95 bits per heavy atom. The molecule has 1 aromatic heterocycles. The fourth-order valence-electron chi connectivity index (χ4n) is 6.10. The van der Waals surface area contributed by atoms with Crippen LogP contribution in [0, 0.1) is 5.92 Å². The van der Waals surface area contributed by atoms with Crippen LogP contribution in [0.15, 0.2) is 60.8 Å². The van der Waals surface area contributed by atoms with Crippen molar-refractivity contribution < 1.29 is 43.8 Å². The van der Waals surface area contributed by atoms with Crippen LogP contribution in [-0.2, 0) is 46.4 Å². The van der Waals surface area contributed by atoms with Crippen LogP contribution in [0.5, 0.6) is 0 Å². The number of rotatable bonds is 24. The van der Waals surface area contributed by atoms with Crippen molar-refractivity contribution in [2.75, 3.05) is 6.54 Å². The number of carboxylic acid groups (broad SMARTS) is 2. The topological polar surface area (TPSA) is 288 Å². The lowest BCUT2D eigenvalue weighted by Crippen LogP contribution is -2.60. The maximum Gasteiger partial charge on any atom is 0.325 e. The molecule has 12 N–H and O–H groups in total. The van der Waals surface area contributed by atoms with Gasteiger partial charge in [0.15, 0.2) is 0 Å². The summed E-state index contributed by atoms with van der Waals surface area (Å²) in [5.41, 5.74) is 13.9. The molecule has 1 heterocycles. The molecule has 310 valence electrons. The summed E-state index contributed by atoms with van der Waals surface area (Å²) in [6, 6.07) is 8.93. The number of H-pyrrole nitrogens is 1. The number of para-hydroxylation sites is 1. The minimum absolute atomic E-state index is 0.00242. The zero-order valence-electron chi connectivity index (χ0n) is 32.6. The number of carbonyl (C=O) groups excluding carboxylic acids is 5. The Bertz CT molecular complexity index is 1840. The lowest BCUT2D eigenvalue weighted by atomic mass is 9.96. The van der Waals surface area contributed by atoms with E-state index in [-0.39, 0.29) is 32.1 Å². The Kier molecular flexibility index (Phi) is 18.1. The van der Waals surface area contributed by atoms with Crippen LogP contribution >= 0.6 is 0 Å². The molecule has 0 fully saturated rings. The second kappa shape index (κ2) is 22.7. The van der Waals surface area contributed by atoms with Crippen molar-refractivity contribution in [3.63, 3.8) is 0 Å². The number of carboxylic acids is 2. The Hall–Kier alpha value is -5.81. The van der Waals surface area contributed by atoms with E-state index in [0.29, 0.717) is 36.9 Å². The first-order valence-electron chi connectivity index (χ1n) is 19.2. The molecule has 17 heteroatoms. The van der Waals surface area contributed by atoms with E-state index in [4.69, 9.17) is 16.6 Å². The number of carbonyl (C=O) groups is 7. The first-order chi connectivity index (χ1) is 27.1. The lowest BCUT2D eigenvalue weighted by molar-refractivity contribution is -0.142. The number of nitrogens with two attached hydrogens (primary N) is 2. The average molecular weight is 793 g/mol. The molecule has 0 aliphatic rings. The van der Waals surface area contributed by atoms with E-state index < -0.39 is 83.6 Å². The monoisotopic (exact) mass is 792 g/mol. The van der Waals surface area contributed by atoms with E-state index in [9.17, 15) is 38.7 Å². The van der Waals surface area contributed by atoms with E-state index in [0.717, 1.165) is 10.9 Å². The molecule has 0 radical (unpaired) electrons. The van der Waals surface area contributed by atoms with Gasteiger partial charge in [0.25, 0.3) is 0 Å². The first-order valence-corrected chi connectivity index (χ1v) is 19.2. The van der Waals surface area contributed by atoms with Gasteiger partial charge in [0, 0.05) is 36.4 Å².